The maximum atomic E-state index is 16.4. The predicted octanol–water partition coefficient (Wildman–Crippen LogP) is 15.5. The van der Waals surface area contributed by atoms with Crippen molar-refractivity contribution in [2.24, 2.45) is 0 Å². The topological polar surface area (TPSA) is 0 Å². The lowest BCUT2D eigenvalue weighted by Crippen LogP contribution is -2.54. The Morgan fingerprint density at radius 3 is 0.697 bits per heavy atom. The van der Waals surface area contributed by atoms with Crippen molar-refractivity contribution in [1.29, 1.82) is 0 Å². The third kappa shape index (κ3) is 5.43. The summed E-state index contributed by atoms with van der Waals surface area (Å²) in [6.45, 7) is 0. The molecule has 0 bridgehead atoms. The summed E-state index contributed by atoms with van der Waals surface area (Å²) in [6.07, 6.45) is -28.7. The number of thiophene rings is 2. The normalized spacial score (nSPS) is 15.4. The number of hydrogen-bond donors (Lipinski definition) is 0. The Morgan fingerprint density at radius 1 is 0.242 bits per heavy atom. The van der Waals surface area contributed by atoms with Gasteiger partial charge in [0.25, 0.3) is 0 Å². The van der Waals surface area contributed by atoms with E-state index in [4.69, 9.17) is 0 Å². The molecular formula is C38H4F26S2. The van der Waals surface area contributed by atoms with Gasteiger partial charge in [0.15, 0.2) is 69.8 Å². The molecule has 28 heteroatoms. The van der Waals surface area contributed by atoms with Gasteiger partial charge in [-0.2, -0.15) is 52.7 Å². The second kappa shape index (κ2) is 14.0. The van der Waals surface area contributed by atoms with Gasteiger partial charge in [0.1, 0.15) is 11.6 Å². The van der Waals surface area contributed by atoms with Gasteiger partial charge < -0.3 is 0 Å². The molecule has 2 aliphatic rings. The molecule has 0 aliphatic heterocycles. The lowest BCUT2D eigenvalue weighted by molar-refractivity contribution is -0.290. The van der Waals surface area contributed by atoms with Crippen LogP contribution in [0.3, 0.4) is 0 Å². The van der Waals surface area contributed by atoms with Crippen LogP contribution in [-0.2, 0) is 10.8 Å². The number of alkyl halides is 12. The van der Waals surface area contributed by atoms with Gasteiger partial charge in [-0.15, -0.1) is 22.7 Å². The third-order valence-electron chi connectivity index (χ3n) is 10.8. The minimum atomic E-state index is -7.17. The molecule has 8 rings (SSSR count). The van der Waals surface area contributed by atoms with E-state index < -0.39 is 192 Å². The Kier molecular flexibility index (Phi) is 9.97. The van der Waals surface area contributed by atoms with Gasteiger partial charge in [-0.25, -0.2) is 61.5 Å². The molecule has 0 nitrogen and oxygen atoms in total. The molecular weight excluding hydrogens is 1010 g/mol. The largest absolute Gasteiger partial charge is 0.411 e. The predicted molar refractivity (Wildman–Crippen MR) is 175 cm³/mol. The number of rotatable bonds is 3. The molecule has 0 saturated heterocycles. The van der Waals surface area contributed by atoms with E-state index in [9.17, 15) is 79.0 Å². The molecule has 2 heterocycles. The highest BCUT2D eigenvalue weighted by Gasteiger charge is 2.80. The second-order valence-corrected chi connectivity index (χ2v) is 16.1. The van der Waals surface area contributed by atoms with Crippen LogP contribution in [-0.4, -0.2) is 24.7 Å². The SMILES string of the molecule is Fc1c(F)c(F)c2c(c1F)-c1c(F)c(F)c(-c3ccc(-c4ccc(-c5c(F)c(F)c6c(c5F)C(C(F)(F)F)(C(F)(F)F)c5c(F)c(F)c(F)c(F)c5-6)s4)s3)c(F)c1C2(C(F)(F)F)C(F)(F)F. The van der Waals surface area contributed by atoms with E-state index in [0.717, 1.165) is 0 Å². The summed E-state index contributed by atoms with van der Waals surface area (Å²) in [4.78, 5) is -3.83. The van der Waals surface area contributed by atoms with Crippen molar-refractivity contribution in [3.63, 3.8) is 0 Å². The van der Waals surface area contributed by atoms with Crippen molar-refractivity contribution < 1.29 is 114 Å². The van der Waals surface area contributed by atoms with E-state index in [1.54, 1.807) is 0 Å². The van der Waals surface area contributed by atoms with Gasteiger partial charge in [-0.05, 0) is 24.3 Å². The van der Waals surface area contributed by atoms with Crippen LogP contribution in [0.1, 0.15) is 22.3 Å². The first-order chi connectivity index (χ1) is 30.2. The van der Waals surface area contributed by atoms with Crippen LogP contribution < -0.4 is 0 Å². The van der Waals surface area contributed by atoms with Crippen LogP contribution in [0.5, 0.6) is 0 Å². The number of benzene rings is 4. The number of halogens is 26. The van der Waals surface area contributed by atoms with Crippen LogP contribution >= 0.6 is 22.7 Å². The van der Waals surface area contributed by atoms with E-state index in [1.807, 2.05) is 0 Å². The van der Waals surface area contributed by atoms with Crippen molar-refractivity contribution in [2.45, 2.75) is 35.5 Å². The van der Waals surface area contributed by atoms with Crippen molar-refractivity contribution in [1.82, 2.24) is 0 Å². The Bertz CT molecular complexity index is 2900. The van der Waals surface area contributed by atoms with Crippen LogP contribution in [0, 0.1) is 81.4 Å². The molecule has 0 atom stereocenters. The van der Waals surface area contributed by atoms with Gasteiger partial charge in [0.2, 0.25) is 10.8 Å². The highest BCUT2D eigenvalue weighted by molar-refractivity contribution is 7.25. The van der Waals surface area contributed by atoms with Gasteiger partial charge in [-0.1, -0.05) is 0 Å². The first kappa shape index (κ1) is 47.0. The Balaban J connectivity index is 1.34. The number of fused-ring (bicyclic) bond motifs is 6. The van der Waals surface area contributed by atoms with E-state index in [2.05, 4.69) is 0 Å². The zero-order chi connectivity index (χ0) is 49.4. The lowest BCUT2D eigenvalue weighted by Gasteiger charge is -2.36. The second-order valence-electron chi connectivity index (χ2n) is 14.0. The van der Waals surface area contributed by atoms with Crippen LogP contribution in [0.4, 0.5) is 114 Å². The van der Waals surface area contributed by atoms with Gasteiger partial charge in [-0.3, -0.25) is 0 Å². The monoisotopic (exact) mass is 1020 g/mol. The summed E-state index contributed by atoms with van der Waals surface area (Å²) in [6, 6.07) is 1.90. The lowest BCUT2D eigenvalue weighted by atomic mass is 9.75. The van der Waals surface area contributed by atoms with Crippen LogP contribution in [0.15, 0.2) is 24.3 Å². The van der Waals surface area contributed by atoms with E-state index >= 15 is 35.1 Å². The zero-order valence-corrected chi connectivity index (χ0v) is 31.6. The standard InChI is InChI=1S/C38H4F26S2/c39-19-9(21(41)23(43)11-13-17(27(47)31(51)29(49)25(13)45)33(15(11)19,35(53,54)55)36(56,57)58)7-3-1-5(65-7)6-2-4-8(66-6)10-20(40)16-12(24(44)22(10)42)14-18(28(48)32(52)30(50)26(14)46)34(16,37(59,60)61)38(62,63)64/h1-4H. The van der Waals surface area contributed by atoms with Crippen molar-refractivity contribution in [2.75, 3.05) is 0 Å². The highest BCUT2D eigenvalue weighted by atomic mass is 32.1. The average molecular weight is 1020 g/mol. The fraction of sp³-hybridized carbons (Fsp3) is 0.158. The van der Waals surface area contributed by atoms with Crippen molar-refractivity contribution in [3.8, 4) is 52.9 Å². The minimum absolute atomic E-state index is 0.204. The molecule has 0 radical (unpaired) electrons. The highest BCUT2D eigenvalue weighted by Crippen LogP contribution is 2.69. The summed E-state index contributed by atoms with van der Waals surface area (Å²) in [5, 5.41) is 0. The zero-order valence-electron chi connectivity index (χ0n) is 30.0. The molecule has 350 valence electrons. The molecule has 0 fully saturated rings. The molecule has 0 spiro atoms. The molecule has 2 aliphatic carbocycles. The molecule has 4 aromatic carbocycles. The van der Waals surface area contributed by atoms with Crippen LogP contribution in [0.25, 0.3) is 52.9 Å². The average Bonchev–Trinajstić information content (AvgIpc) is 4.00. The molecule has 66 heavy (non-hydrogen) atoms. The molecule has 2 aromatic heterocycles. The fourth-order valence-corrected chi connectivity index (χ4v) is 10.4. The maximum absolute atomic E-state index is 16.4. The fourth-order valence-electron chi connectivity index (χ4n) is 8.28. The molecule has 0 saturated carbocycles. The van der Waals surface area contributed by atoms with E-state index in [-0.39, 0.29) is 22.7 Å². The van der Waals surface area contributed by atoms with Gasteiger partial charge in [0.05, 0.1) is 11.1 Å². The summed E-state index contributed by atoms with van der Waals surface area (Å²) in [7, 11) is 0. The Labute approximate surface area is 352 Å². The first-order valence-electron chi connectivity index (χ1n) is 16.8. The third-order valence-corrected chi connectivity index (χ3v) is 13.2. The van der Waals surface area contributed by atoms with Crippen molar-refractivity contribution >= 4 is 22.7 Å². The first-order valence-corrected chi connectivity index (χ1v) is 18.4. The number of hydrogen-bond acceptors (Lipinski definition) is 2. The van der Waals surface area contributed by atoms with Crippen LogP contribution in [0.2, 0.25) is 0 Å². The molecule has 0 unspecified atom stereocenters. The van der Waals surface area contributed by atoms with Gasteiger partial charge in [0, 0.05) is 64.0 Å². The summed E-state index contributed by atoms with van der Waals surface area (Å²) in [5.41, 5.74) is -40.7. The Hall–Kier alpha value is -5.54. The smallest absolute Gasteiger partial charge is 0.206 e. The summed E-state index contributed by atoms with van der Waals surface area (Å²) in [5.74, 6) is -43.9. The van der Waals surface area contributed by atoms with Gasteiger partial charge >= 0.3 is 24.7 Å². The quantitative estimate of drug-likeness (QED) is 0.0941. The molecule has 0 amide bonds. The molecule has 6 aromatic rings. The summed E-state index contributed by atoms with van der Waals surface area (Å²) >= 11 is -0.409. The van der Waals surface area contributed by atoms with E-state index in [1.165, 1.54) is 0 Å². The summed E-state index contributed by atoms with van der Waals surface area (Å²) < 4.78 is 389. The Morgan fingerprint density at radius 2 is 0.439 bits per heavy atom. The van der Waals surface area contributed by atoms with Crippen molar-refractivity contribution in [3.05, 3.63) is 128 Å². The molecule has 0 N–H and O–H groups in total. The maximum Gasteiger partial charge on any atom is 0.411 e. The van der Waals surface area contributed by atoms with E-state index in [0.29, 0.717) is 24.3 Å². The minimum Gasteiger partial charge on any atom is -0.206 e.